The van der Waals surface area contributed by atoms with Crippen molar-refractivity contribution in [2.24, 2.45) is 5.73 Å². The first-order valence-corrected chi connectivity index (χ1v) is 11.5. The third-order valence-corrected chi connectivity index (χ3v) is 5.96. The second-order valence-electron chi connectivity index (χ2n) is 8.91. The maximum Gasteiger partial charge on any atom is 0.315 e. The number of carbonyl (C=O) groups excluding carboxylic acids is 3. The molecule has 0 aromatic carbocycles. The van der Waals surface area contributed by atoms with Crippen molar-refractivity contribution in [3.05, 3.63) is 0 Å². The highest BCUT2D eigenvalue weighted by atomic mass is 32.2. The van der Waals surface area contributed by atoms with Gasteiger partial charge in [0.2, 0.25) is 11.8 Å². The summed E-state index contributed by atoms with van der Waals surface area (Å²) < 4.78 is 5.69. The van der Waals surface area contributed by atoms with Crippen LogP contribution in [-0.4, -0.2) is 59.2 Å². The maximum absolute atomic E-state index is 11.7. The second-order valence-corrected chi connectivity index (χ2v) is 9.98. The van der Waals surface area contributed by atoms with Gasteiger partial charge in [-0.2, -0.15) is 11.8 Å². The minimum atomic E-state index is -0.561. The Hall–Kier alpha value is -1.48. The number of urea groups is 1. The summed E-state index contributed by atoms with van der Waals surface area (Å²) in [5, 5.41) is 8.70. The van der Waals surface area contributed by atoms with E-state index in [-0.39, 0.29) is 29.8 Å². The molecule has 2 fully saturated rings. The summed E-state index contributed by atoms with van der Waals surface area (Å²) in [5.74, 6) is 1.85. The third kappa shape index (κ3) is 10.7. The lowest BCUT2D eigenvalue weighted by atomic mass is 10.00. The summed E-state index contributed by atoms with van der Waals surface area (Å²) in [4.78, 5) is 33.2. The molecule has 2 unspecified atom stereocenters. The smallest absolute Gasteiger partial charge is 0.315 e. The van der Waals surface area contributed by atoms with Crippen molar-refractivity contribution in [1.29, 1.82) is 0 Å². The van der Waals surface area contributed by atoms with Crippen LogP contribution in [0.1, 0.15) is 66.7 Å². The number of primary amides is 1. The quantitative estimate of drug-likeness (QED) is 0.394. The van der Waals surface area contributed by atoms with Gasteiger partial charge in [0.1, 0.15) is 0 Å². The van der Waals surface area contributed by atoms with E-state index in [1.807, 2.05) is 39.5 Å². The number of rotatable bonds is 10. The number of hydrogen-bond acceptors (Lipinski definition) is 5. The number of ether oxygens (including phenoxy) is 1. The van der Waals surface area contributed by atoms with Gasteiger partial charge in [0.15, 0.2) is 0 Å². The fourth-order valence-electron chi connectivity index (χ4n) is 3.11. The summed E-state index contributed by atoms with van der Waals surface area (Å²) in [7, 11) is 0. The molecule has 168 valence electrons. The minimum absolute atomic E-state index is 0.00491. The maximum atomic E-state index is 11.7. The largest absolute Gasteiger partial charge is 0.375 e. The first-order valence-electron chi connectivity index (χ1n) is 10.3. The molecule has 0 saturated carbocycles. The molecule has 0 aromatic heterocycles. The topological polar surface area (TPSA) is 123 Å². The standard InChI is InChI=1S/C15H30N2O3.C5H8N2OS/c1-6-7-8-13(19)17-14(2,3)9-10-20-15(4,5)11-12(16)18;8-5-6-3-1-9-2-4(3)7-5/h6-11H2,1-5H3,(H2,16,18)(H,17,19);3-4H,1-2H2,(H2,6,7,8). The predicted octanol–water partition coefficient (Wildman–Crippen LogP) is 1.92. The van der Waals surface area contributed by atoms with Crippen molar-refractivity contribution in [2.75, 3.05) is 18.1 Å². The van der Waals surface area contributed by atoms with E-state index >= 15 is 0 Å². The van der Waals surface area contributed by atoms with Crippen LogP contribution in [0.4, 0.5) is 4.79 Å². The summed E-state index contributed by atoms with van der Waals surface area (Å²) in [6.07, 6.45) is 3.36. The molecular weight excluding hydrogens is 392 g/mol. The zero-order valence-electron chi connectivity index (χ0n) is 18.4. The zero-order valence-corrected chi connectivity index (χ0v) is 19.2. The van der Waals surface area contributed by atoms with Crippen LogP contribution in [0.3, 0.4) is 0 Å². The summed E-state index contributed by atoms with van der Waals surface area (Å²) in [6.45, 7) is 10.2. The Morgan fingerprint density at radius 2 is 1.79 bits per heavy atom. The van der Waals surface area contributed by atoms with Crippen LogP contribution in [0, 0.1) is 0 Å². The zero-order chi connectivity index (χ0) is 22.1. The number of thioether (sulfide) groups is 1. The highest BCUT2D eigenvalue weighted by Crippen LogP contribution is 2.20. The van der Waals surface area contributed by atoms with E-state index in [1.54, 1.807) is 0 Å². The summed E-state index contributed by atoms with van der Waals surface area (Å²) >= 11 is 1.89. The molecule has 2 aliphatic heterocycles. The van der Waals surface area contributed by atoms with Crippen LogP contribution >= 0.6 is 11.8 Å². The molecule has 0 aromatic rings. The van der Waals surface area contributed by atoms with Gasteiger partial charge in [-0.1, -0.05) is 13.3 Å². The Bertz CT molecular complexity index is 555. The van der Waals surface area contributed by atoms with Crippen LogP contribution in [0.25, 0.3) is 0 Å². The Kier molecular flexibility index (Phi) is 10.3. The molecule has 0 spiro atoms. The van der Waals surface area contributed by atoms with E-state index in [1.165, 1.54) is 0 Å². The van der Waals surface area contributed by atoms with Crippen molar-refractivity contribution in [3.63, 3.8) is 0 Å². The average Bonchev–Trinajstić information content (AvgIpc) is 3.11. The Labute approximate surface area is 178 Å². The van der Waals surface area contributed by atoms with Crippen molar-refractivity contribution >= 4 is 29.6 Å². The first kappa shape index (κ1) is 25.6. The van der Waals surface area contributed by atoms with Gasteiger partial charge in [0.25, 0.3) is 0 Å². The normalized spacial score (nSPS) is 20.8. The monoisotopic (exact) mass is 430 g/mol. The van der Waals surface area contributed by atoms with E-state index in [2.05, 4.69) is 22.9 Å². The van der Waals surface area contributed by atoms with Gasteiger partial charge >= 0.3 is 6.03 Å². The lowest BCUT2D eigenvalue weighted by Gasteiger charge is -2.29. The van der Waals surface area contributed by atoms with Gasteiger partial charge in [-0.3, -0.25) is 9.59 Å². The van der Waals surface area contributed by atoms with Crippen molar-refractivity contribution in [3.8, 4) is 0 Å². The SMILES string of the molecule is CCCCC(=O)NC(C)(C)CCOC(C)(C)CC(N)=O.O=C1NC2CSCC2N1. The fraction of sp³-hybridized carbons (Fsp3) is 0.850. The number of nitrogens with one attached hydrogen (secondary N) is 3. The number of carbonyl (C=O) groups is 3. The lowest BCUT2D eigenvalue weighted by Crippen LogP contribution is -2.44. The highest BCUT2D eigenvalue weighted by Gasteiger charge is 2.35. The van der Waals surface area contributed by atoms with Crippen molar-refractivity contribution in [2.45, 2.75) is 89.9 Å². The van der Waals surface area contributed by atoms with Gasteiger partial charge in [-0.05, 0) is 40.5 Å². The first-order chi connectivity index (χ1) is 13.4. The van der Waals surface area contributed by atoms with Crippen LogP contribution < -0.4 is 21.7 Å². The fourth-order valence-corrected chi connectivity index (χ4v) is 4.39. The number of unbranched alkanes of at least 4 members (excludes halogenated alkanes) is 1. The van der Waals surface area contributed by atoms with E-state index in [0.717, 1.165) is 24.3 Å². The van der Waals surface area contributed by atoms with Gasteiger partial charge in [-0.15, -0.1) is 0 Å². The second kappa shape index (κ2) is 11.6. The predicted molar refractivity (Wildman–Crippen MR) is 117 cm³/mol. The molecule has 2 aliphatic rings. The number of nitrogens with two attached hydrogens (primary N) is 1. The van der Waals surface area contributed by atoms with Gasteiger partial charge < -0.3 is 26.4 Å². The third-order valence-electron chi connectivity index (χ3n) is 4.77. The van der Waals surface area contributed by atoms with Gasteiger partial charge in [-0.25, -0.2) is 4.79 Å². The average molecular weight is 431 g/mol. The van der Waals surface area contributed by atoms with Crippen LogP contribution in [0.5, 0.6) is 0 Å². The summed E-state index contributed by atoms with van der Waals surface area (Å²) in [5.41, 5.74) is 4.30. The van der Waals surface area contributed by atoms with Crippen molar-refractivity contribution < 1.29 is 19.1 Å². The molecule has 0 radical (unpaired) electrons. The van der Waals surface area contributed by atoms with Crippen LogP contribution in [0.2, 0.25) is 0 Å². The molecular formula is C20H38N4O4S. The number of hydrogen-bond donors (Lipinski definition) is 4. The molecule has 5 N–H and O–H groups in total. The molecule has 8 nitrogen and oxygen atoms in total. The van der Waals surface area contributed by atoms with E-state index in [4.69, 9.17) is 10.5 Å². The molecule has 2 saturated heterocycles. The number of fused-ring (bicyclic) bond motifs is 1. The van der Waals surface area contributed by atoms with Crippen molar-refractivity contribution in [1.82, 2.24) is 16.0 Å². The van der Waals surface area contributed by atoms with Gasteiger partial charge in [0, 0.05) is 30.1 Å². The van der Waals surface area contributed by atoms with Crippen LogP contribution in [-0.2, 0) is 14.3 Å². The van der Waals surface area contributed by atoms with Crippen LogP contribution in [0.15, 0.2) is 0 Å². The molecule has 2 rings (SSSR count). The molecule has 9 heteroatoms. The van der Waals surface area contributed by atoms with E-state index in [9.17, 15) is 14.4 Å². The molecule has 0 bridgehead atoms. The lowest BCUT2D eigenvalue weighted by molar-refractivity contribution is -0.124. The van der Waals surface area contributed by atoms with E-state index in [0.29, 0.717) is 31.5 Å². The molecule has 4 amide bonds. The molecule has 0 aliphatic carbocycles. The molecule has 29 heavy (non-hydrogen) atoms. The van der Waals surface area contributed by atoms with E-state index < -0.39 is 5.60 Å². The highest BCUT2D eigenvalue weighted by molar-refractivity contribution is 7.99. The molecule has 2 atom stereocenters. The number of amides is 4. The minimum Gasteiger partial charge on any atom is -0.375 e. The Balaban J connectivity index is 0.000000379. The molecule has 2 heterocycles. The Morgan fingerprint density at radius 1 is 1.21 bits per heavy atom. The van der Waals surface area contributed by atoms with Gasteiger partial charge in [0.05, 0.1) is 24.1 Å². The summed E-state index contributed by atoms with van der Waals surface area (Å²) in [6, 6.07) is 0.815. The Morgan fingerprint density at radius 3 is 2.31 bits per heavy atom.